The molecule has 0 atom stereocenters. The monoisotopic (exact) mass is 323 g/mol. The first kappa shape index (κ1) is 15.5. The molecule has 4 heteroatoms. The van der Waals surface area contributed by atoms with Crippen LogP contribution in [0.1, 0.15) is 40.9 Å². The molecule has 1 fully saturated rings. The summed E-state index contributed by atoms with van der Waals surface area (Å²) >= 11 is 0. The van der Waals surface area contributed by atoms with E-state index >= 15 is 0 Å². The van der Waals surface area contributed by atoms with Crippen molar-refractivity contribution in [1.29, 1.82) is 0 Å². The number of carbonyl (C=O) groups excluding carboxylic acids is 1. The van der Waals surface area contributed by atoms with Crippen LogP contribution in [0.4, 0.5) is 0 Å². The Kier molecular flexibility index (Phi) is 4.39. The van der Waals surface area contributed by atoms with E-state index in [0.29, 0.717) is 6.54 Å². The highest BCUT2D eigenvalue weighted by Gasteiger charge is 2.21. The van der Waals surface area contributed by atoms with Gasteiger partial charge in [-0.2, -0.15) is 0 Å². The molecule has 4 rings (SSSR count). The summed E-state index contributed by atoms with van der Waals surface area (Å²) in [5, 5.41) is 0. The normalized spacial score (nSPS) is 18.4. The van der Waals surface area contributed by atoms with Crippen LogP contribution in [0.5, 0.6) is 0 Å². The van der Waals surface area contributed by atoms with Crippen LogP contribution < -0.4 is 0 Å². The summed E-state index contributed by atoms with van der Waals surface area (Å²) in [5.74, 6) is 0.145. The van der Waals surface area contributed by atoms with Gasteiger partial charge in [0.05, 0.1) is 6.54 Å². The Labute approximate surface area is 143 Å². The summed E-state index contributed by atoms with van der Waals surface area (Å²) in [6.07, 6.45) is 6.08. The molecule has 1 aromatic heterocycles. The number of hydrogen-bond acceptors (Lipinski definition) is 2. The minimum absolute atomic E-state index is 0.145. The van der Waals surface area contributed by atoms with E-state index in [2.05, 4.69) is 39.9 Å². The van der Waals surface area contributed by atoms with E-state index in [-0.39, 0.29) is 5.91 Å². The second kappa shape index (κ2) is 6.81. The van der Waals surface area contributed by atoms with Crippen LogP contribution in [-0.4, -0.2) is 39.9 Å². The van der Waals surface area contributed by atoms with E-state index in [4.69, 9.17) is 0 Å². The third-order valence-electron chi connectivity index (χ3n) is 5.23. The van der Waals surface area contributed by atoms with E-state index in [1.54, 1.807) is 0 Å². The molecule has 0 aliphatic carbocycles. The number of nitrogens with zero attached hydrogens (tertiary/aromatic N) is 3. The molecular weight excluding hydrogens is 298 g/mol. The minimum atomic E-state index is 0.145. The number of hydrogen-bond donors (Lipinski definition) is 0. The van der Waals surface area contributed by atoms with Crippen molar-refractivity contribution in [3.63, 3.8) is 0 Å². The van der Waals surface area contributed by atoms with Gasteiger partial charge in [-0.05, 0) is 55.8 Å². The summed E-state index contributed by atoms with van der Waals surface area (Å²) in [7, 11) is 0. The first-order valence-electron chi connectivity index (χ1n) is 9.04. The molecule has 2 aliphatic heterocycles. The quantitative estimate of drug-likeness (QED) is 0.868. The third-order valence-corrected chi connectivity index (χ3v) is 5.23. The summed E-state index contributed by atoms with van der Waals surface area (Å²) in [6.45, 7) is 5.80. The number of piperidine rings is 1. The largest absolute Gasteiger partial charge is 0.348 e. The molecule has 0 unspecified atom stereocenters. The molecule has 0 saturated carbocycles. The van der Waals surface area contributed by atoms with Crippen molar-refractivity contribution in [1.82, 2.24) is 14.4 Å². The number of aromatic nitrogens is 1. The highest BCUT2D eigenvalue weighted by Crippen LogP contribution is 2.17. The minimum Gasteiger partial charge on any atom is -0.348 e. The smallest absolute Gasteiger partial charge is 0.254 e. The Morgan fingerprint density at radius 3 is 2.50 bits per heavy atom. The standard InChI is InChI=1S/C20H25N3O/c24-20(23-14-13-22-12-4-5-19(22)16-23)18-8-6-17(7-9-18)15-21-10-2-1-3-11-21/h4-9,12H,1-3,10-11,13-16H2. The van der Waals surface area contributed by atoms with Gasteiger partial charge in [-0.3, -0.25) is 9.69 Å². The molecule has 1 aromatic carbocycles. The number of fused-ring (bicyclic) bond motifs is 1. The molecular formula is C20H25N3O. The van der Waals surface area contributed by atoms with Crippen molar-refractivity contribution in [2.75, 3.05) is 19.6 Å². The van der Waals surface area contributed by atoms with Gasteiger partial charge in [-0.1, -0.05) is 18.6 Å². The number of amides is 1. The Morgan fingerprint density at radius 1 is 0.917 bits per heavy atom. The van der Waals surface area contributed by atoms with Crippen LogP contribution in [0.15, 0.2) is 42.6 Å². The van der Waals surface area contributed by atoms with Gasteiger partial charge in [0, 0.05) is 37.1 Å². The average Bonchev–Trinajstić information content (AvgIpc) is 3.10. The van der Waals surface area contributed by atoms with Crippen molar-refractivity contribution >= 4 is 5.91 Å². The lowest BCUT2D eigenvalue weighted by atomic mass is 10.1. The molecule has 1 saturated heterocycles. The van der Waals surface area contributed by atoms with Gasteiger partial charge in [-0.25, -0.2) is 0 Å². The lowest BCUT2D eigenvalue weighted by Gasteiger charge is -2.29. The second-order valence-corrected chi connectivity index (χ2v) is 6.95. The summed E-state index contributed by atoms with van der Waals surface area (Å²) < 4.78 is 2.23. The Balaban J connectivity index is 1.40. The SMILES string of the molecule is O=C(c1ccc(CN2CCCCC2)cc1)N1CCn2cccc2C1. The van der Waals surface area contributed by atoms with Gasteiger partial charge in [0.15, 0.2) is 0 Å². The first-order valence-corrected chi connectivity index (χ1v) is 9.04. The van der Waals surface area contributed by atoms with Crippen molar-refractivity contribution in [3.8, 4) is 0 Å². The molecule has 0 bridgehead atoms. The second-order valence-electron chi connectivity index (χ2n) is 6.95. The van der Waals surface area contributed by atoms with Crippen LogP contribution >= 0.6 is 0 Å². The van der Waals surface area contributed by atoms with E-state index in [1.807, 2.05) is 17.0 Å². The Hall–Kier alpha value is -2.07. The van der Waals surface area contributed by atoms with Crippen molar-refractivity contribution in [3.05, 3.63) is 59.4 Å². The van der Waals surface area contributed by atoms with E-state index in [9.17, 15) is 4.79 Å². The molecule has 126 valence electrons. The molecule has 0 spiro atoms. The van der Waals surface area contributed by atoms with Crippen LogP contribution in [-0.2, 0) is 19.6 Å². The summed E-state index contributed by atoms with van der Waals surface area (Å²) in [6, 6.07) is 12.4. The zero-order valence-electron chi connectivity index (χ0n) is 14.2. The zero-order chi connectivity index (χ0) is 16.4. The molecule has 1 amide bonds. The van der Waals surface area contributed by atoms with Crippen molar-refractivity contribution in [2.45, 2.75) is 38.9 Å². The van der Waals surface area contributed by atoms with Gasteiger partial charge < -0.3 is 9.47 Å². The van der Waals surface area contributed by atoms with Crippen LogP contribution in [0.25, 0.3) is 0 Å². The van der Waals surface area contributed by atoms with Crippen molar-refractivity contribution in [2.24, 2.45) is 0 Å². The summed E-state index contributed by atoms with van der Waals surface area (Å²) in [5.41, 5.74) is 3.33. The first-order chi connectivity index (χ1) is 11.8. The maximum absolute atomic E-state index is 12.7. The number of carbonyl (C=O) groups is 1. The fraction of sp³-hybridized carbons (Fsp3) is 0.450. The Bertz CT molecular complexity index is 698. The molecule has 24 heavy (non-hydrogen) atoms. The highest BCUT2D eigenvalue weighted by molar-refractivity contribution is 5.94. The highest BCUT2D eigenvalue weighted by atomic mass is 16.2. The Morgan fingerprint density at radius 2 is 1.71 bits per heavy atom. The molecule has 0 radical (unpaired) electrons. The van der Waals surface area contributed by atoms with Crippen molar-refractivity contribution < 1.29 is 4.79 Å². The summed E-state index contributed by atoms with van der Waals surface area (Å²) in [4.78, 5) is 17.2. The molecule has 4 nitrogen and oxygen atoms in total. The van der Waals surface area contributed by atoms with Crippen LogP contribution in [0, 0.1) is 0 Å². The molecule has 2 aromatic rings. The maximum atomic E-state index is 12.7. The number of benzene rings is 1. The van der Waals surface area contributed by atoms with E-state index in [0.717, 1.165) is 25.2 Å². The molecule has 2 aliphatic rings. The molecule has 3 heterocycles. The predicted molar refractivity (Wildman–Crippen MR) is 94.7 cm³/mol. The van der Waals surface area contributed by atoms with E-state index < -0.39 is 0 Å². The predicted octanol–water partition coefficient (Wildman–Crippen LogP) is 3.13. The lowest BCUT2D eigenvalue weighted by molar-refractivity contribution is 0.0711. The maximum Gasteiger partial charge on any atom is 0.254 e. The molecule has 0 N–H and O–H groups in total. The third kappa shape index (κ3) is 3.24. The van der Waals surface area contributed by atoms with Gasteiger partial charge in [0.2, 0.25) is 0 Å². The van der Waals surface area contributed by atoms with Gasteiger partial charge in [0.1, 0.15) is 0 Å². The fourth-order valence-electron chi connectivity index (χ4n) is 3.80. The van der Waals surface area contributed by atoms with Crippen LogP contribution in [0.3, 0.4) is 0 Å². The van der Waals surface area contributed by atoms with Gasteiger partial charge in [-0.15, -0.1) is 0 Å². The zero-order valence-corrected chi connectivity index (χ0v) is 14.2. The number of likely N-dealkylation sites (tertiary alicyclic amines) is 1. The van der Waals surface area contributed by atoms with Gasteiger partial charge in [0.25, 0.3) is 5.91 Å². The topological polar surface area (TPSA) is 28.5 Å². The van der Waals surface area contributed by atoms with E-state index in [1.165, 1.54) is 43.6 Å². The van der Waals surface area contributed by atoms with Gasteiger partial charge >= 0.3 is 0 Å². The number of rotatable bonds is 3. The van der Waals surface area contributed by atoms with Crippen LogP contribution in [0.2, 0.25) is 0 Å². The fourth-order valence-corrected chi connectivity index (χ4v) is 3.80. The average molecular weight is 323 g/mol. The lowest BCUT2D eigenvalue weighted by Crippen LogP contribution is -2.37.